The zero-order chi connectivity index (χ0) is 12.7. The number of carbonyl (C=O) groups is 1. The second kappa shape index (κ2) is 4.17. The first-order valence-electron chi connectivity index (χ1n) is 5.90. The lowest BCUT2D eigenvalue weighted by Gasteiger charge is -2.07. The van der Waals surface area contributed by atoms with Gasteiger partial charge in [-0.1, -0.05) is 0 Å². The Morgan fingerprint density at radius 1 is 1.28 bits per heavy atom. The molecule has 0 saturated carbocycles. The van der Waals surface area contributed by atoms with Gasteiger partial charge in [-0.15, -0.1) is 0 Å². The second-order valence-electron chi connectivity index (χ2n) is 4.53. The summed E-state index contributed by atoms with van der Waals surface area (Å²) in [6, 6.07) is 1.93. The highest BCUT2D eigenvalue weighted by atomic mass is 19.2. The van der Waals surface area contributed by atoms with Crippen LogP contribution in [0.1, 0.15) is 23.2 Å². The number of hydrogen-bond acceptors (Lipinski definition) is 2. The van der Waals surface area contributed by atoms with Crippen molar-refractivity contribution in [2.45, 2.75) is 18.9 Å². The number of hydrogen-bond donors (Lipinski definition) is 2. The summed E-state index contributed by atoms with van der Waals surface area (Å²) >= 11 is 0. The fourth-order valence-electron chi connectivity index (χ4n) is 2.42. The van der Waals surface area contributed by atoms with E-state index in [4.69, 9.17) is 0 Å². The van der Waals surface area contributed by atoms with E-state index in [1.165, 1.54) is 6.20 Å². The first kappa shape index (κ1) is 11.3. The van der Waals surface area contributed by atoms with Crippen molar-refractivity contribution in [3.05, 3.63) is 35.5 Å². The van der Waals surface area contributed by atoms with Crippen LogP contribution < -0.4 is 5.32 Å². The lowest BCUT2D eigenvalue weighted by Crippen LogP contribution is -2.30. The zero-order valence-electron chi connectivity index (χ0n) is 9.59. The van der Waals surface area contributed by atoms with Gasteiger partial charge in [0.15, 0.2) is 17.4 Å². The molecule has 1 unspecified atom stereocenters. The largest absolute Gasteiger partial charge is 0.360 e. The monoisotopic (exact) mass is 250 g/mol. The summed E-state index contributed by atoms with van der Waals surface area (Å²) in [5.41, 5.74) is 0.860. The van der Waals surface area contributed by atoms with Crippen LogP contribution in [0, 0.1) is 11.6 Å². The smallest absolute Gasteiger partial charge is 0.181 e. The number of ketones is 1. The van der Waals surface area contributed by atoms with Crippen LogP contribution in [0.3, 0.4) is 0 Å². The van der Waals surface area contributed by atoms with E-state index in [1.54, 1.807) is 0 Å². The van der Waals surface area contributed by atoms with Gasteiger partial charge in [0, 0.05) is 28.7 Å². The van der Waals surface area contributed by atoms with Crippen LogP contribution in [0.5, 0.6) is 0 Å². The molecule has 0 spiro atoms. The fourth-order valence-corrected chi connectivity index (χ4v) is 2.42. The van der Waals surface area contributed by atoms with Crippen molar-refractivity contribution in [3.8, 4) is 0 Å². The Kier molecular flexibility index (Phi) is 2.63. The van der Waals surface area contributed by atoms with E-state index in [2.05, 4.69) is 10.3 Å². The third-order valence-corrected chi connectivity index (χ3v) is 3.36. The maximum absolute atomic E-state index is 13.2. The minimum Gasteiger partial charge on any atom is -0.360 e. The van der Waals surface area contributed by atoms with E-state index in [0.29, 0.717) is 16.5 Å². The number of rotatable bonds is 2. The summed E-state index contributed by atoms with van der Waals surface area (Å²) in [6.07, 6.45) is 3.27. The van der Waals surface area contributed by atoms with Crippen LogP contribution in [-0.4, -0.2) is 23.4 Å². The first-order chi connectivity index (χ1) is 8.66. The molecule has 0 bridgehead atoms. The predicted molar refractivity (Wildman–Crippen MR) is 63.6 cm³/mol. The lowest BCUT2D eigenvalue weighted by molar-refractivity contribution is 0.0954. The molecule has 2 aromatic rings. The van der Waals surface area contributed by atoms with Gasteiger partial charge in [0.05, 0.1) is 6.04 Å². The number of nitrogens with one attached hydrogen (secondary N) is 2. The van der Waals surface area contributed by atoms with Gasteiger partial charge in [-0.05, 0) is 25.5 Å². The normalized spacial score (nSPS) is 19.6. The molecule has 1 atom stereocenters. The third kappa shape index (κ3) is 1.71. The SMILES string of the molecule is O=C(c1c[nH]c2cc(F)c(F)cc12)C1CCCN1. The van der Waals surface area contributed by atoms with Crippen LogP contribution in [0.25, 0.3) is 10.9 Å². The van der Waals surface area contributed by atoms with Crippen molar-refractivity contribution < 1.29 is 13.6 Å². The maximum atomic E-state index is 13.2. The summed E-state index contributed by atoms with van der Waals surface area (Å²) in [6.45, 7) is 0.821. The Hall–Kier alpha value is -1.75. The summed E-state index contributed by atoms with van der Waals surface area (Å²) in [5.74, 6) is -1.91. The number of aromatic amines is 1. The number of H-pyrrole nitrogens is 1. The Balaban J connectivity index is 2.06. The molecule has 1 saturated heterocycles. The van der Waals surface area contributed by atoms with Gasteiger partial charge in [0.25, 0.3) is 0 Å². The number of benzene rings is 1. The molecular formula is C13H12F2N2O. The van der Waals surface area contributed by atoms with E-state index >= 15 is 0 Å². The number of carbonyl (C=O) groups excluding carboxylic acids is 1. The second-order valence-corrected chi connectivity index (χ2v) is 4.53. The average Bonchev–Trinajstić information content (AvgIpc) is 2.98. The van der Waals surface area contributed by atoms with E-state index in [1.807, 2.05) is 0 Å². The van der Waals surface area contributed by atoms with E-state index < -0.39 is 11.6 Å². The highest BCUT2D eigenvalue weighted by molar-refractivity contribution is 6.10. The van der Waals surface area contributed by atoms with Crippen molar-refractivity contribution in [2.24, 2.45) is 0 Å². The summed E-state index contributed by atoms with van der Waals surface area (Å²) in [7, 11) is 0. The van der Waals surface area contributed by atoms with Gasteiger partial charge >= 0.3 is 0 Å². The predicted octanol–water partition coefficient (Wildman–Crippen LogP) is 2.38. The van der Waals surface area contributed by atoms with Gasteiger partial charge in [0.1, 0.15) is 0 Å². The van der Waals surface area contributed by atoms with Crippen LogP contribution in [0.15, 0.2) is 18.3 Å². The van der Waals surface area contributed by atoms with Crippen LogP contribution in [0.2, 0.25) is 0 Å². The average molecular weight is 250 g/mol. The quantitative estimate of drug-likeness (QED) is 0.804. The molecule has 2 N–H and O–H groups in total. The number of aromatic nitrogens is 1. The molecule has 94 valence electrons. The van der Waals surface area contributed by atoms with Crippen molar-refractivity contribution in [1.82, 2.24) is 10.3 Å². The molecule has 3 rings (SSSR count). The van der Waals surface area contributed by atoms with E-state index in [9.17, 15) is 13.6 Å². The summed E-state index contributed by atoms with van der Waals surface area (Å²) in [4.78, 5) is 15.0. The molecule has 18 heavy (non-hydrogen) atoms. The first-order valence-corrected chi connectivity index (χ1v) is 5.90. The van der Waals surface area contributed by atoms with Gasteiger partial charge in [-0.3, -0.25) is 4.79 Å². The Morgan fingerprint density at radius 2 is 2.06 bits per heavy atom. The molecule has 0 amide bonds. The Morgan fingerprint density at radius 3 is 2.78 bits per heavy atom. The molecule has 3 nitrogen and oxygen atoms in total. The van der Waals surface area contributed by atoms with Gasteiger partial charge < -0.3 is 10.3 Å². The Labute approximate surface area is 102 Å². The Bertz CT molecular complexity index is 615. The highest BCUT2D eigenvalue weighted by Crippen LogP contribution is 2.24. The van der Waals surface area contributed by atoms with Gasteiger partial charge in [0.2, 0.25) is 0 Å². The number of Topliss-reactive ketones (excluding diaryl/α,β-unsaturated/α-hetero) is 1. The van der Waals surface area contributed by atoms with E-state index in [-0.39, 0.29) is 11.8 Å². The van der Waals surface area contributed by atoms with Crippen molar-refractivity contribution in [3.63, 3.8) is 0 Å². The minimum absolute atomic E-state index is 0.0650. The molecule has 1 aromatic heterocycles. The molecule has 2 heterocycles. The standard InChI is InChI=1S/C13H12F2N2O/c14-9-4-7-8(6-17-12(7)5-10(9)15)13(18)11-2-1-3-16-11/h4-6,11,16-17H,1-3H2. The summed E-state index contributed by atoms with van der Waals surface area (Å²) in [5, 5.41) is 3.54. The van der Waals surface area contributed by atoms with Crippen molar-refractivity contribution in [1.29, 1.82) is 0 Å². The van der Waals surface area contributed by atoms with Crippen molar-refractivity contribution in [2.75, 3.05) is 6.54 Å². The zero-order valence-corrected chi connectivity index (χ0v) is 9.59. The molecule has 1 fully saturated rings. The van der Waals surface area contributed by atoms with Crippen LogP contribution in [-0.2, 0) is 0 Å². The number of fused-ring (bicyclic) bond motifs is 1. The minimum atomic E-state index is -0.935. The molecule has 1 aliphatic heterocycles. The van der Waals surface area contributed by atoms with Crippen molar-refractivity contribution >= 4 is 16.7 Å². The van der Waals surface area contributed by atoms with Crippen LogP contribution in [0.4, 0.5) is 8.78 Å². The molecule has 1 aliphatic rings. The summed E-state index contributed by atoms with van der Waals surface area (Å²) < 4.78 is 26.3. The molecule has 0 aliphatic carbocycles. The van der Waals surface area contributed by atoms with Crippen LogP contribution >= 0.6 is 0 Å². The molecule has 1 aromatic carbocycles. The molecule has 0 radical (unpaired) electrons. The van der Waals surface area contributed by atoms with Gasteiger partial charge in [-0.25, -0.2) is 8.78 Å². The van der Waals surface area contributed by atoms with E-state index in [0.717, 1.165) is 31.5 Å². The third-order valence-electron chi connectivity index (χ3n) is 3.36. The van der Waals surface area contributed by atoms with Gasteiger partial charge in [-0.2, -0.15) is 0 Å². The maximum Gasteiger partial charge on any atom is 0.181 e. The molecular weight excluding hydrogens is 238 g/mol. The molecule has 5 heteroatoms. The topological polar surface area (TPSA) is 44.9 Å². The fraction of sp³-hybridized carbons (Fsp3) is 0.308. The lowest BCUT2D eigenvalue weighted by atomic mass is 10.0. The number of halogens is 2. The highest BCUT2D eigenvalue weighted by Gasteiger charge is 2.25.